The molecule has 2 aromatic heterocycles. The molecule has 1 aliphatic rings. The molecule has 29 heavy (non-hydrogen) atoms. The van der Waals surface area contributed by atoms with Crippen molar-refractivity contribution >= 4 is 32.4 Å². The number of aliphatic hydroxyl groups excluding tert-OH is 1. The molecule has 0 atom stereocenters. The number of fused-ring (bicyclic) bond motifs is 1. The first-order chi connectivity index (χ1) is 14.3. The van der Waals surface area contributed by atoms with Gasteiger partial charge in [0.15, 0.2) is 5.13 Å². The predicted octanol–water partition coefficient (Wildman–Crippen LogP) is 6.15. The number of nitrogens with one attached hydrogen (secondary N) is 1. The molecule has 1 aliphatic carbocycles. The summed E-state index contributed by atoms with van der Waals surface area (Å²) in [7, 11) is 0. The lowest BCUT2D eigenvalue weighted by molar-refractivity contribution is 0.183. The van der Waals surface area contributed by atoms with Gasteiger partial charge in [0.2, 0.25) is 5.88 Å². The number of aromatic nitrogens is 2. The van der Waals surface area contributed by atoms with Crippen molar-refractivity contribution in [2.24, 2.45) is 0 Å². The van der Waals surface area contributed by atoms with Crippen LogP contribution in [0.2, 0.25) is 0 Å². The van der Waals surface area contributed by atoms with E-state index in [0.717, 1.165) is 34.9 Å². The molecule has 4 aromatic rings. The number of ether oxygens (including phenoxy) is 1. The van der Waals surface area contributed by atoms with Crippen LogP contribution in [0.25, 0.3) is 10.2 Å². The van der Waals surface area contributed by atoms with Gasteiger partial charge in [0, 0.05) is 18.0 Å². The zero-order valence-corrected chi connectivity index (χ0v) is 16.8. The van der Waals surface area contributed by atoms with E-state index in [2.05, 4.69) is 21.4 Å². The van der Waals surface area contributed by atoms with E-state index in [9.17, 15) is 0 Å². The fourth-order valence-corrected chi connectivity index (χ4v) is 3.97. The minimum absolute atomic E-state index is 0.0463. The second-order valence-corrected chi connectivity index (χ2v) is 7.88. The SMILES string of the molecule is OC1CCCC1.c1ccc(Oc2ccc(Nc3nc4ccccc4s3)cc2)nc1. The van der Waals surface area contributed by atoms with Crippen molar-refractivity contribution in [1.29, 1.82) is 0 Å². The van der Waals surface area contributed by atoms with Crippen molar-refractivity contribution in [3.63, 3.8) is 0 Å². The van der Waals surface area contributed by atoms with E-state index >= 15 is 0 Å². The van der Waals surface area contributed by atoms with Crippen LogP contribution in [0.5, 0.6) is 11.6 Å². The lowest BCUT2D eigenvalue weighted by Crippen LogP contribution is -1.94. The number of aliphatic hydroxyl groups is 1. The summed E-state index contributed by atoms with van der Waals surface area (Å²) in [4.78, 5) is 8.71. The van der Waals surface area contributed by atoms with Crippen LogP contribution in [0.3, 0.4) is 0 Å². The highest BCUT2D eigenvalue weighted by Crippen LogP contribution is 2.29. The van der Waals surface area contributed by atoms with E-state index in [4.69, 9.17) is 9.84 Å². The molecular formula is C23H23N3O2S. The highest BCUT2D eigenvalue weighted by atomic mass is 32.1. The molecule has 1 fully saturated rings. The van der Waals surface area contributed by atoms with Crippen LogP contribution in [0.1, 0.15) is 25.7 Å². The Morgan fingerprint density at radius 3 is 2.34 bits per heavy atom. The van der Waals surface area contributed by atoms with E-state index in [1.165, 1.54) is 17.5 Å². The number of thiazole rings is 1. The quantitative estimate of drug-likeness (QED) is 0.426. The summed E-state index contributed by atoms with van der Waals surface area (Å²) in [6.45, 7) is 0. The standard InChI is InChI=1S/C18H13N3OS.C5H10O/c1-2-6-16-15(5-1)21-18(23-16)20-13-8-10-14(11-9-13)22-17-7-3-4-12-19-17;6-5-3-1-2-4-5/h1-12H,(H,20,21);5-6H,1-4H2. The molecule has 1 saturated carbocycles. The molecule has 0 unspecified atom stereocenters. The van der Waals surface area contributed by atoms with Crippen molar-refractivity contribution in [3.05, 3.63) is 72.9 Å². The molecule has 0 radical (unpaired) electrons. The average Bonchev–Trinajstić information content (AvgIpc) is 3.39. The van der Waals surface area contributed by atoms with Gasteiger partial charge in [0.05, 0.1) is 16.3 Å². The Bertz CT molecular complexity index is 996. The minimum atomic E-state index is 0.0463. The van der Waals surface area contributed by atoms with Gasteiger partial charge < -0.3 is 15.2 Å². The summed E-state index contributed by atoms with van der Waals surface area (Å²) in [5.41, 5.74) is 1.98. The van der Waals surface area contributed by atoms with Crippen molar-refractivity contribution in [2.75, 3.05) is 5.32 Å². The summed E-state index contributed by atoms with van der Waals surface area (Å²) in [6, 6.07) is 21.4. The van der Waals surface area contributed by atoms with Gasteiger partial charge in [-0.15, -0.1) is 0 Å². The summed E-state index contributed by atoms with van der Waals surface area (Å²) >= 11 is 1.64. The summed E-state index contributed by atoms with van der Waals surface area (Å²) < 4.78 is 6.85. The highest BCUT2D eigenvalue weighted by molar-refractivity contribution is 7.22. The lowest BCUT2D eigenvalue weighted by atomic mass is 10.3. The second-order valence-electron chi connectivity index (χ2n) is 6.84. The van der Waals surface area contributed by atoms with Crippen LogP contribution in [0.4, 0.5) is 10.8 Å². The van der Waals surface area contributed by atoms with Gasteiger partial charge in [-0.25, -0.2) is 9.97 Å². The van der Waals surface area contributed by atoms with Gasteiger partial charge in [-0.2, -0.15) is 0 Å². The van der Waals surface area contributed by atoms with Crippen molar-refractivity contribution < 1.29 is 9.84 Å². The molecule has 0 aliphatic heterocycles. The molecule has 2 N–H and O–H groups in total. The number of hydrogen-bond acceptors (Lipinski definition) is 6. The van der Waals surface area contributed by atoms with Crippen molar-refractivity contribution in [1.82, 2.24) is 9.97 Å². The van der Waals surface area contributed by atoms with Gasteiger partial charge in [0.25, 0.3) is 0 Å². The number of nitrogens with zero attached hydrogens (tertiary/aromatic N) is 2. The molecule has 0 spiro atoms. The largest absolute Gasteiger partial charge is 0.439 e. The third-order valence-electron chi connectivity index (χ3n) is 4.58. The van der Waals surface area contributed by atoms with Crippen LogP contribution in [-0.4, -0.2) is 21.2 Å². The number of para-hydroxylation sites is 1. The number of hydrogen-bond donors (Lipinski definition) is 2. The first-order valence-electron chi connectivity index (χ1n) is 9.76. The zero-order chi connectivity index (χ0) is 19.9. The number of rotatable bonds is 4. The van der Waals surface area contributed by atoms with Crippen LogP contribution >= 0.6 is 11.3 Å². The Morgan fingerprint density at radius 2 is 1.69 bits per heavy atom. The molecule has 6 heteroatoms. The van der Waals surface area contributed by atoms with E-state index in [1.54, 1.807) is 17.5 Å². The molecular weight excluding hydrogens is 382 g/mol. The van der Waals surface area contributed by atoms with E-state index in [0.29, 0.717) is 5.88 Å². The normalized spacial score (nSPS) is 13.7. The number of benzene rings is 2. The van der Waals surface area contributed by atoms with Crippen LogP contribution < -0.4 is 10.1 Å². The molecule has 0 saturated heterocycles. The molecule has 0 bridgehead atoms. The van der Waals surface area contributed by atoms with E-state index in [1.807, 2.05) is 60.7 Å². The van der Waals surface area contributed by atoms with E-state index < -0.39 is 0 Å². The molecule has 5 nitrogen and oxygen atoms in total. The Hall–Kier alpha value is -2.96. The smallest absolute Gasteiger partial charge is 0.219 e. The van der Waals surface area contributed by atoms with Gasteiger partial charge in [-0.05, 0) is 55.3 Å². The minimum Gasteiger partial charge on any atom is -0.439 e. The maximum Gasteiger partial charge on any atom is 0.219 e. The lowest BCUT2D eigenvalue weighted by Gasteiger charge is -2.06. The highest BCUT2D eigenvalue weighted by Gasteiger charge is 2.09. The average molecular weight is 406 g/mol. The Morgan fingerprint density at radius 1 is 0.931 bits per heavy atom. The zero-order valence-electron chi connectivity index (χ0n) is 16.0. The topological polar surface area (TPSA) is 67.3 Å². The van der Waals surface area contributed by atoms with E-state index in [-0.39, 0.29) is 6.10 Å². The van der Waals surface area contributed by atoms with Gasteiger partial charge in [-0.1, -0.05) is 42.4 Å². The molecule has 0 amide bonds. The monoisotopic (exact) mass is 405 g/mol. The molecule has 2 heterocycles. The number of anilines is 2. The van der Waals surface area contributed by atoms with Crippen LogP contribution in [-0.2, 0) is 0 Å². The van der Waals surface area contributed by atoms with Crippen molar-refractivity contribution in [3.8, 4) is 11.6 Å². The second kappa shape index (κ2) is 9.49. The maximum absolute atomic E-state index is 8.73. The third kappa shape index (κ3) is 5.53. The number of pyridine rings is 1. The summed E-state index contributed by atoms with van der Waals surface area (Å²) in [6.07, 6.45) is 6.31. The molecule has 148 valence electrons. The fourth-order valence-electron chi connectivity index (χ4n) is 3.09. The van der Waals surface area contributed by atoms with Crippen molar-refractivity contribution in [2.45, 2.75) is 31.8 Å². The predicted molar refractivity (Wildman–Crippen MR) is 118 cm³/mol. The van der Waals surface area contributed by atoms with Crippen LogP contribution in [0.15, 0.2) is 72.9 Å². The Balaban J connectivity index is 0.000000294. The van der Waals surface area contributed by atoms with Gasteiger partial charge >= 0.3 is 0 Å². The maximum atomic E-state index is 8.73. The fraction of sp³-hybridized carbons (Fsp3) is 0.217. The van der Waals surface area contributed by atoms with Gasteiger partial charge in [0.1, 0.15) is 5.75 Å². The Kier molecular flexibility index (Phi) is 6.34. The first kappa shape index (κ1) is 19.4. The molecule has 2 aromatic carbocycles. The Labute approximate surface area is 174 Å². The summed E-state index contributed by atoms with van der Waals surface area (Å²) in [5, 5.41) is 12.9. The third-order valence-corrected chi connectivity index (χ3v) is 5.54. The van der Waals surface area contributed by atoms with Gasteiger partial charge in [-0.3, -0.25) is 0 Å². The molecule has 5 rings (SSSR count). The van der Waals surface area contributed by atoms with Crippen LogP contribution in [0, 0.1) is 0 Å². The first-order valence-corrected chi connectivity index (χ1v) is 10.6. The summed E-state index contributed by atoms with van der Waals surface area (Å²) in [5.74, 6) is 1.33.